The van der Waals surface area contributed by atoms with Crippen molar-refractivity contribution in [3.05, 3.63) is 63.6 Å². The molecule has 1 aliphatic carbocycles. The molecule has 0 aliphatic heterocycles. The van der Waals surface area contributed by atoms with Gasteiger partial charge in [0, 0.05) is 22.6 Å². The molecule has 196 valence electrons. The van der Waals surface area contributed by atoms with Crippen LogP contribution in [0.25, 0.3) is 0 Å². The minimum Gasteiger partial charge on any atom is -0.352 e. The highest BCUT2D eigenvalue weighted by Crippen LogP contribution is 2.25. The van der Waals surface area contributed by atoms with Crippen LogP contribution in [-0.4, -0.2) is 50.0 Å². The van der Waals surface area contributed by atoms with Gasteiger partial charge in [0.1, 0.15) is 12.6 Å². The normalized spacial score (nSPS) is 15.2. The SMILES string of the molecule is Cc1ccc(N(CC(=O)N(Cc2ccc(Cl)cc2)[C@@H](C)C(=O)NC2CCCCC2)S(C)(=O)=O)cc1Cl. The van der Waals surface area contributed by atoms with Gasteiger partial charge >= 0.3 is 0 Å². The second-order valence-electron chi connectivity index (χ2n) is 9.37. The van der Waals surface area contributed by atoms with E-state index in [0.717, 1.165) is 53.8 Å². The summed E-state index contributed by atoms with van der Waals surface area (Å²) < 4.78 is 26.3. The summed E-state index contributed by atoms with van der Waals surface area (Å²) in [5.74, 6) is -0.758. The number of carbonyl (C=O) groups is 2. The molecule has 1 aliphatic rings. The maximum absolute atomic E-state index is 13.6. The molecule has 1 atom stereocenters. The first kappa shape index (κ1) is 28.3. The van der Waals surface area contributed by atoms with E-state index in [1.807, 2.05) is 6.92 Å². The highest BCUT2D eigenvalue weighted by molar-refractivity contribution is 7.92. The maximum atomic E-state index is 13.6. The van der Waals surface area contributed by atoms with Crippen molar-refractivity contribution in [3.8, 4) is 0 Å². The van der Waals surface area contributed by atoms with Crippen molar-refractivity contribution in [3.63, 3.8) is 0 Å². The van der Waals surface area contributed by atoms with Gasteiger partial charge in [0.2, 0.25) is 21.8 Å². The first-order chi connectivity index (χ1) is 17.0. The number of amides is 2. The summed E-state index contributed by atoms with van der Waals surface area (Å²) >= 11 is 12.2. The van der Waals surface area contributed by atoms with Crippen LogP contribution in [0.2, 0.25) is 10.0 Å². The lowest BCUT2D eigenvalue weighted by Crippen LogP contribution is -2.52. The Morgan fingerprint density at radius 1 is 1.06 bits per heavy atom. The van der Waals surface area contributed by atoms with Gasteiger partial charge in [0.25, 0.3) is 0 Å². The largest absolute Gasteiger partial charge is 0.352 e. The Morgan fingerprint density at radius 2 is 1.69 bits per heavy atom. The maximum Gasteiger partial charge on any atom is 0.244 e. The Labute approximate surface area is 223 Å². The van der Waals surface area contributed by atoms with Gasteiger partial charge in [-0.05, 0) is 62.1 Å². The Hall–Kier alpha value is -2.29. The molecule has 0 saturated heterocycles. The molecular formula is C26H33Cl2N3O4S. The summed E-state index contributed by atoms with van der Waals surface area (Å²) in [5.41, 5.74) is 1.85. The zero-order valence-corrected chi connectivity index (χ0v) is 23.2. The van der Waals surface area contributed by atoms with E-state index < -0.39 is 28.5 Å². The molecule has 10 heteroatoms. The lowest BCUT2D eigenvalue weighted by Gasteiger charge is -2.33. The van der Waals surface area contributed by atoms with E-state index in [-0.39, 0.29) is 24.2 Å². The molecule has 7 nitrogen and oxygen atoms in total. The van der Waals surface area contributed by atoms with E-state index in [2.05, 4.69) is 5.32 Å². The predicted octanol–water partition coefficient (Wildman–Crippen LogP) is 4.93. The number of nitrogens with one attached hydrogen (secondary N) is 1. The standard InChI is InChI=1S/C26H33Cl2N3O4S/c1-18-9-14-23(15-24(18)28)31(36(3,34)35)17-25(32)30(16-20-10-12-21(27)13-11-20)19(2)26(33)29-22-7-5-4-6-8-22/h9-15,19,22H,4-8,16-17H2,1-3H3,(H,29,33)/t19-/m0/s1. The fourth-order valence-electron chi connectivity index (χ4n) is 4.29. The number of hydrogen-bond acceptors (Lipinski definition) is 4. The highest BCUT2D eigenvalue weighted by Gasteiger charge is 2.31. The van der Waals surface area contributed by atoms with Crippen LogP contribution >= 0.6 is 23.2 Å². The molecular weight excluding hydrogens is 521 g/mol. The topological polar surface area (TPSA) is 86.8 Å². The third kappa shape index (κ3) is 7.60. The van der Waals surface area contributed by atoms with Gasteiger partial charge in [-0.3, -0.25) is 13.9 Å². The molecule has 2 aromatic rings. The van der Waals surface area contributed by atoms with Gasteiger partial charge in [-0.1, -0.05) is 60.7 Å². The number of rotatable bonds is 9. The van der Waals surface area contributed by atoms with Crippen LogP contribution in [0.5, 0.6) is 0 Å². The minimum atomic E-state index is -3.81. The predicted molar refractivity (Wildman–Crippen MR) is 145 cm³/mol. The first-order valence-corrected chi connectivity index (χ1v) is 14.6. The van der Waals surface area contributed by atoms with Crippen molar-refractivity contribution >= 4 is 50.7 Å². The summed E-state index contributed by atoms with van der Waals surface area (Å²) in [6.07, 6.45) is 6.16. The second kappa shape index (κ2) is 12.3. The molecule has 0 unspecified atom stereocenters. The van der Waals surface area contributed by atoms with Crippen LogP contribution in [-0.2, 0) is 26.2 Å². The van der Waals surface area contributed by atoms with Crippen molar-refractivity contribution in [2.75, 3.05) is 17.1 Å². The number of anilines is 1. The fourth-order valence-corrected chi connectivity index (χ4v) is 5.43. The summed E-state index contributed by atoms with van der Waals surface area (Å²) in [4.78, 5) is 28.2. The number of halogens is 2. The highest BCUT2D eigenvalue weighted by atomic mass is 35.5. The molecule has 0 aromatic heterocycles. The quantitative estimate of drug-likeness (QED) is 0.476. The molecule has 0 bridgehead atoms. The second-order valence-corrected chi connectivity index (χ2v) is 12.1. The summed E-state index contributed by atoms with van der Waals surface area (Å²) in [6, 6.07) is 11.1. The van der Waals surface area contributed by atoms with Crippen molar-refractivity contribution in [1.29, 1.82) is 0 Å². The lowest BCUT2D eigenvalue weighted by molar-refractivity contribution is -0.139. The molecule has 0 radical (unpaired) electrons. The molecule has 2 aromatic carbocycles. The summed E-state index contributed by atoms with van der Waals surface area (Å²) in [5, 5.41) is 4.02. The number of benzene rings is 2. The number of hydrogen-bond donors (Lipinski definition) is 1. The molecule has 1 saturated carbocycles. The van der Waals surface area contributed by atoms with E-state index in [0.29, 0.717) is 10.0 Å². The van der Waals surface area contributed by atoms with Gasteiger partial charge in [0.05, 0.1) is 11.9 Å². The zero-order valence-electron chi connectivity index (χ0n) is 20.8. The molecule has 36 heavy (non-hydrogen) atoms. The zero-order chi connectivity index (χ0) is 26.5. The van der Waals surface area contributed by atoms with Crippen molar-refractivity contribution in [2.45, 2.75) is 64.6 Å². The average Bonchev–Trinajstić information content (AvgIpc) is 2.83. The number of sulfonamides is 1. The van der Waals surface area contributed by atoms with Gasteiger partial charge < -0.3 is 10.2 Å². The summed E-state index contributed by atoms with van der Waals surface area (Å²) in [6.45, 7) is 3.14. The van der Waals surface area contributed by atoms with Gasteiger partial charge in [-0.25, -0.2) is 8.42 Å². The Bertz CT molecular complexity index is 1180. The molecule has 0 spiro atoms. The van der Waals surface area contributed by atoms with Crippen molar-refractivity contribution in [2.24, 2.45) is 0 Å². The van der Waals surface area contributed by atoms with E-state index in [1.165, 1.54) is 11.0 Å². The first-order valence-electron chi connectivity index (χ1n) is 12.0. The molecule has 1 fully saturated rings. The van der Waals surface area contributed by atoms with Crippen LogP contribution in [0.3, 0.4) is 0 Å². The van der Waals surface area contributed by atoms with Crippen molar-refractivity contribution in [1.82, 2.24) is 10.2 Å². The third-order valence-electron chi connectivity index (χ3n) is 6.51. The Morgan fingerprint density at radius 3 is 2.28 bits per heavy atom. The smallest absolute Gasteiger partial charge is 0.244 e. The third-order valence-corrected chi connectivity index (χ3v) is 8.31. The number of aryl methyl sites for hydroxylation is 1. The fraction of sp³-hybridized carbons (Fsp3) is 0.462. The van der Waals surface area contributed by atoms with E-state index in [9.17, 15) is 18.0 Å². The van der Waals surface area contributed by atoms with Gasteiger partial charge in [0.15, 0.2) is 0 Å². The number of carbonyl (C=O) groups excluding carboxylic acids is 2. The average molecular weight is 555 g/mol. The van der Waals surface area contributed by atoms with Crippen LogP contribution in [0, 0.1) is 6.92 Å². The molecule has 1 N–H and O–H groups in total. The van der Waals surface area contributed by atoms with Crippen LogP contribution in [0.1, 0.15) is 50.2 Å². The van der Waals surface area contributed by atoms with Gasteiger partial charge in [-0.2, -0.15) is 0 Å². The Balaban J connectivity index is 1.87. The van der Waals surface area contributed by atoms with Crippen LogP contribution in [0.4, 0.5) is 5.69 Å². The van der Waals surface area contributed by atoms with E-state index in [1.54, 1.807) is 43.3 Å². The number of nitrogens with zero attached hydrogens (tertiary/aromatic N) is 2. The van der Waals surface area contributed by atoms with Gasteiger partial charge in [-0.15, -0.1) is 0 Å². The lowest BCUT2D eigenvalue weighted by atomic mass is 9.95. The van der Waals surface area contributed by atoms with E-state index >= 15 is 0 Å². The summed E-state index contributed by atoms with van der Waals surface area (Å²) in [7, 11) is -3.81. The van der Waals surface area contributed by atoms with Crippen LogP contribution < -0.4 is 9.62 Å². The van der Waals surface area contributed by atoms with Crippen LogP contribution in [0.15, 0.2) is 42.5 Å². The minimum absolute atomic E-state index is 0.0865. The van der Waals surface area contributed by atoms with E-state index in [4.69, 9.17) is 23.2 Å². The molecule has 0 heterocycles. The molecule has 2 amide bonds. The molecule has 3 rings (SSSR count). The van der Waals surface area contributed by atoms with Crippen molar-refractivity contribution < 1.29 is 18.0 Å². The Kier molecular flexibility index (Phi) is 9.66. The monoisotopic (exact) mass is 553 g/mol.